The molecule has 1 heterocycles. The Bertz CT molecular complexity index is 1240. The van der Waals surface area contributed by atoms with Crippen LogP contribution < -0.4 is 14.8 Å². The fourth-order valence-electron chi connectivity index (χ4n) is 3.10. The van der Waals surface area contributed by atoms with E-state index in [2.05, 4.69) is 14.7 Å². The predicted octanol–water partition coefficient (Wildman–Crippen LogP) is 5.80. The number of ether oxygens (including phenoxy) is 2. The van der Waals surface area contributed by atoms with Gasteiger partial charge in [-0.25, -0.2) is 0 Å². The number of hydrogen-bond acceptors (Lipinski definition) is 6. The molecule has 1 aromatic heterocycles. The summed E-state index contributed by atoms with van der Waals surface area (Å²) >= 11 is 1.19. The van der Waals surface area contributed by atoms with Crippen LogP contribution in [0.3, 0.4) is 0 Å². The van der Waals surface area contributed by atoms with Crippen molar-refractivity contribution in [3.63, 3.8) is 0 Å². The number of benzene rings is 3. The molecule has 6 nitrogen and oxygen atoms in total. The molecule has 4 rings (SSSR count). The molecule has 0 atom stereocenters. The summed E-state index contributed by atoms with van der Waals surface area (Å²) in [5, 5.41) is 3.34. The van der Waals surface area contributed by atoms with Crippen LogP contribution in [-0.2, 0) is 6.42 Å². The Hall–Kier alpha value is -3.71. The highest BCUT2D eigenvalue weighted by Crippen LogP contribution is 2.28. The first-order valence-corrected chi connectivity index (χ1v) is 10.9. The average molecular weight is 446 g/mol. The van der Waals surface area contributed by atoms with Crippen molar-refractivity contribution in [2.24, 2.45) is 0 Å². The molecule has 1 amide bonds. The Balaban J connectivity index is 1.46. The number of nitrogens with zero attached hydrogens (tertiary/aromatic N) is 2. The average Bonchev–Trinajstić information content (AvgIpc) is 3.23. The molecule has 3 aromatic carbocycles. The highest BCUT2D eigenvalue weighted by Gasteiger charge is 2.13. The minimum absolute atomic E-state index is 0.199. The molecule has 0 fully saturated rings. The van der Waals surface area contributed by atoms with Crippen LogP contribution in [-0.4, -0.2) is 22.4 Å². The number of rotatable bonds is 7. The molecule has 162 valence electrons. The van der Waals surface area contributed by atoms with Gasteiger partial charge in [-0.3, -0.25) is 4.79 Å². The van der Waals surface area contributed by atoms with Crippen LogP contribution in [0.2, 0.25) is 0 Å². The first kappa shape index (κ1) is 21.5. The van der Waals surface area contributed by atoms with Crippen LogP contribution in [0.15, 0.2) is 66.7 Å². The van der Waals surface area contributed by atoms with Gasteiger partial charge in [0, 0.05) is 29.2 Å². The zero-order valence-corrected chi connectivity index (χ0v) is 18.9. The topological polar surface area (TPSA) is 73.3 Å². The summed E-state index contributed by atoms with van der Waals surface area (Å²) in [5.74, 6) is 1.84. The Labute approximate surface area is 191 Å². The summed E-state index contributed by atoms with van der Waals surface area (Å²) in [6.07, 6.45) is 0.578. The molecule has 0 saturated carbocycles. The lowest BCUT2D eigenvalue weighted by atomic mass is 10.1. The molecule has 1 N–H and O–H groups in total. The van der Waals surface area contributed by atoms with Crippen LogP contribution in [0, 0.1) is 13.8 Å². The highest BCUT2D eigenvalue weighted by molar-refractivity contribution is 7.07. The Kier molecular flexibility index (Phi) is 6.47. The number of hydrogen-bond donors (Lipinski definition) is 1. The molecule has 0 bridgehead atoms. The van der Waals surface area contributed by atoms with Gasteiger partial charge in [0.15, 0.2) is 5.82 Å². The van der Waals surface area contributed by atoms with Gasteiger partial charge in [-0.15, -0.1) is 0 Å². The van der Waals surface area contributed by atoms with Gasteiger partial charge in [-0.2, -0.15) is 9.36 Å². The van der Waals surface area contributed by atoms with Crippen LogP contribution in [0.5, 0.6) is 16.7 Å². The second kappa shape index (κ2) is 9.62. The summed E-state index contributed by atoms with van der Waals surface area (Å²) in [7, 11) is 1.64. The normalized spacial score (nSPS) is 10.6. The number of anilines is 1. The second-order valence-corrected chi connectivity index (χ2v) is 8.12. The molecule has 4 aromatic rings. The van der Waals surface area contributed by atoms with E-state index < -0.39 is 0 Å². The monoisotopic (exact) mass is 445 g/mol. The van der Waals surface area contributed by atoms with Crippen LogP contribution in [0.25, 0.3) is 0 Å². The van der Waals surface area contributed by atoms with E-state index in [0.29, 0.717) is 28.8 Å². The van der Waals surface area contributed by atoms with Gasteiger partial charge < -0.3 is 14.8 Å². The number of carbonyl (C=O) groups excluding carboxylic acids is 1. The lowest BCUT2D eigenvalue weighted by Crippen LogP contribution is -2.12. The van der Waals surface area contributed by atoms with Crippen molar-refractivity contribution in [3.05, 3.63) is 94.8 Å². The molecular formula is C25H23N3O3S. The lowest BCUT2D eigenvalue weighted by molar-refractivity contribution is 0.102. The number of aromatic nitrogens is 2. The fraction of sp³-hybridized carbons (Fsp3) is 0.160. The maximum Gasteiger partial charge on any atom is 0.298 e. The molecule has 0 saturated heterocycles. The number of carbonyl (C=O) groups is 1. The van der Waals surface area contributed by atoms with Crippen molar-refractivity contribution >= 4 is 23.1 Å². The molecule has 0 aliphatic carbocycles. The lowest BCUT2D eigenvalue weighted by Gasteiger charge is -2.09. The standard InChI is InChI=1S/C25H23N3O3S/c1-16-7-11-20(12-8-16)26-24(29)19-10-9-17(2)22(15-19)31-25-27-23(28-32-25)14-18-5-4-6-21(13-18)30-3/h4-13,15H,14H2,1-3H3,(H,26,29). The Morgan fingerprint density at radius 3 is 2.62 bits per heavy atom. The fourth-order valence-corrected chi connectivity index (χ4v) is 3.66. The largest absolute Gasteiger partial charge is 0.497 e. The predicted molar refractivity (Wildman–Crippen MR) is 126 cm³/mol. The number of nitrogens with one attached hydrogen (secondary N) is 1. The van der Waals surface area contributed by atoms with Crippen molar-refractivity contribution in [2.45, 2.75) is 20.3 Å². The molecule has 0 unspecified atom stereocenters. The van der Waals surface area contributed by atoms with Gasteiger partial charge in [-0.05, 0) is 61.4 Å². The van der Waals surface area contributed by atoms with E-state index in [1.807, 2.05) is 68.4 Å². The Morgan fingerprint density at radius 1 is 1.03 bits per heavy atom. The molecule has 32 heavy (non-hydrogen) atoms. The summed E-state index contributed by atoms with van der Waals surface area (Å²) in [4.78, 5) is 17.2. The van der Waals surface area contributed by atoms with E-state index in [4.69, 9.17) is 9.47 Å². The quantitative estimate of drug-likeness (QED) is 0.389. The van der Waals surface area contributed by atoms with Crippen LogP contribution in [0.1, 0.15) is 32.9 Å². The van der Waals surface area contributed by atoms with Gasteiger partial charge in [0.2, 0.25) is 0 Å². The van der Waals surface area contributed by atoms with Gasteiger partial charge in [0.05, 0.1) is 7.11 Å². The summed E-state index contributed by atoms with van der Waals surface area (Å²) in [5.41, 5.74) is 4.35. The van der Waals surface area contributed by atoms with Gasteiger partial charge >= 0.3 is 0 Å². The van der Waals surface area contributed by atoms with E-state index in [9.17, 15) is 4.79 Å². The van der Waals surface area contributed by atoms with Gasteiger partial charge in [-0.1, -0.05) is 35.9 Å². The first-order valence-electron chi connectivity index (χ1n) is 10.1. The minimum atomic E-state index is -0.199. The third kappa shape index (κ3) is 5.31. The molecule has 0 aliphatic rings. The molecule has 0 aliphatic heterocycles. The smallest absolute Gasteiger partial charge is 0.298 e. The third-order valence-electron chi connectivity index (χ3n) is 4.90. The van der Waals surface area contributed by atoms with E-state index >= 15 is 0 Å². The zero-order chi connectivity index (χ0) is 22.5. The minimum Gasteiger partial charge on any atom is -0.497 e. The SMILES string of the molecule is COc1cccc(Cc2nsc(Oc3cc(C(=O)Nc4ccc(C)cc4)ccc3C)n2)c1. The molecule has 0 radical (unpaired) electrons. The summed E-state index contributed by atoms with van der Waals surface area (Å²) in [6, 6.07) is 20.8. The number of aryl methyl sites for hydroxylation is 2. The first-order chi connectivity index (χ1) is 15.5. The summed E-state index contributed by atoms with van der Waals surface area (Å²) < 4.78 is 15.6. The Morgan fingerprint density at radius 2 is 1.84 bits per heavy atom. The molecule has 7 heteroatoms. The van der Waals surface area contributed by atoms with E-state index in [0.717, 1.165) is 28.1 Å². The number of amides is 1. The maximum absolute atomic E-state index is 12.7. The van der Waals surface area contributed by atoms with E-state index in [1.54, 1.807) is 19.2 Å². The van der Waals surface area contributed by atoms with Crippen molar-refractivity contribution < 1.29 is 14.3 Å². The second-order valence-electron chi connectivity index (χ2n) is 7.41. The zero-order valence-electron chi connectivity index (χ0n) is 18.1. The van der Waals surface area contributed by atoms with Crippen molar-refractivity contribution in [2.75, 3.05) is 12.4 Å². The van der Waals surface area contributed by atoms with E-state index in [1.165, 1.54) is 11.5 Å². The van der Waals surface area contributed by atoms with Crippen molar-refractivity contribution in [1.82, 2.24) is 9.36 Å². The van der Waals surface area contributed by atoms with Gasteiger partial charge in [0.25, 0.3) is 11.1 Å². The van der Waals surface area contributed by atoms with Crippen LogP contribution in [0.4, 0.5) is 5.69 Å². The van der Waals surface area contributed by atoms with E-state index in [-0.39, 0.29) is 5.91 Å². The van der Waals surface area contributed by atoms with Gasteiger partial charge in [0.1, 0.15) is 11.5 Å². The molecular weight excluding hydrogens is 422 g/mol. The van der Waals surface area contributed by atoms with Crippen LogP contribution >= 0.6 is 11.5 Å². The van der Waals surface area contributed by atoms with Crippen molar-refractivity contribution in [3.8, 4) is 16.7 Å². The summed E-state index contributed by atoms with van der Waals surface area (Å²) in [6.45, 7) is 3.93. The molecule has 0 spiro atoms. The highest BCUT2D eigenvalue weighted by atomic mass is 32.1. The third-order valence-corrected chi connectivity index (χ3v) is 5.54. The van der Waals surface area contributed by atoms with Crippen molar-refractivity contribution in [1.29, 1.82) is 0 Å². The number of methoxy groups -OCH3 is 1. The maximum atomic E-state index is 12.7.